The minimum Gasteiger partial charge on any atom is -0.454 e. The van der Waals surface area contributed by atoms with Gasteiger partial charge in [-0.1, -0.05) is 6.07 Å². The molecule has 0 unspecified atom stereocenters. The van der Waals surface area contributed by atoms with E-state index in [2.05, 4.69) is 11.0 Å². The highest BCUT2D eigenvalue weighted by Gasteiger charge is 2.48. The predicted molar refractivity (Wildman–Crippen MR) is 87.0 cm³/mol. The van der Waals surface area contributed by atoms with Crippen molar-refractivity contribution in [3.8, 4) is 11.5 Å². The van der Waals surface area contributed by atoms with Gasteiger partial charge in [0, 0.05) is 26.1 Å². The molecular formula is C18H25NO5. The van der Waals surface area contributed by atoms with Crippen LogP contribution in [0.25, 0.3) is 0 Å². The summed E-state index contributed by atoms with van der Waals surface area (Å²) in [6.07, 6.45) is 1.45. The fourth-order valence-electron chi connectivity index (χ4n) is 3.99. The zero-order valence-corrected chi connectivity index (χ0v) is 14.0. The lowest BCUT2D eigenvalue weighted by Gasteiger charge is -2.50. The summed E-state index contributed by atoms with van der Waals surface area (Å²) in [5, 5.41) is 20.2. The molecule has 0 saturated carbocycles. The summed E-state index contributed by atoms with van der Waals surface area (Å²) in [5.41, 5.74) is -0.145. The number of nitrogens with zero attached hydrogens (tertiary/aromatic N) is 1. The Morgan fingerprint density at radius 1 is 1.21 bits per heavy atom. The topological polar surface area (TPSA) is 71.4 Å². The number of fused-ring (bicyclic) bond motifs is 1. The molecule has 3 aliphatic rings. The van der Waals surface area contributed by atoms with Crippen LogP contribution >= 0.6 is 0 Å². The highest BCUT2D eigenvalue weighted by Crippen LogP contribution is 2.40. The van der Waals surface area contributed by atoms with Crippen LogP contribution in [0, 0.1) is 0 Å². The maximum Gasteiger partial charge on any atom is 0.231 e. The molecule has 3 heterocycles. The van der Waals surface area contributed by atoms with Crippen LogP contribution in [0.15, 0.2) is 18.2 Å². The fourth-order valence-corrected chi connectivity index (χ4v) is 3.99. The minimum atomic E-state index is -1.06. The molecule has 1 spiro atoms. The van der Waals surface area contributed by atoms with Gasteiger partial charge in [0.25, 0.3) is 0 Å². The first-order valence-electron chi connectivity index (χ1n) is 8.61. The Morgan fingerprint density at radius 3 is 2.71 bits per heavy atom. The van der Waals surface area contributed by atoms with E-state index in [1.807, 2.05) is 12.1 Å². The molecule has 2 fully saturated rings. The third-order valence-corrected chi connectivity index (χ3v) is 5.56. The van der Waals surface area contributed by atoms with Crippen molar-refractivity contribution < 1.29 is 24.4 Å². The molecule has 0 amide bonds. The molecule has 0 aliphatic carbocycles. The molecule has 2 N–H and O–H groups in total. The number of benzene rings is 1. The second-order valence-corrected chi connectivity index (χ2v) is 7.51. The summed E-state index contributed by atoms with van der Waals surface area (Å²) in [6.45, 7) is 4.93. The molecule has 4 rings (SSSR count). The third-order valence-electron chi connectivity index (χ3n) is 5.56. The second kappa shape index (κ2) is 5.88. The predicted octanol–water partition coefficient (Wildman–Crippen LogP) is 1.28. The molecule has 1 aromatic rings. The molecule has 6 heteroatoms. The molecule has 2 saturated heterocycles. The monoisotopic (exact) mass is 335 g/mol. The zero-order chi connectivity index (χ0) is 16.8. The fraction of sp³-hybridized carbons (Fsp3) is 0.667. The summed E-state index contributed by atoms with van der Waals surface area (Å²) < 4.78 is 16.7. The van der Waals surface area contributed by atoms with E-state index in [1.54, 1.807) is 6.92 Å². The van der Waals surface area contributed by atoms with Gasteiger partial charge >= 0.3 is 0 Å². The maximum absolute atomic E-state index is 10.4. The number of likely N-dealkylation sites (tertiary alicyclic amines) is 1. The van der Waals surface area contributed by atoms with Crippen LogP contribution in [0.4, 0.5) is 0 Å². The summed E-state index contributed by atoms with van der Waals surface area (Å²) in [5.74, 6) is 1.63. The van der Waals surface area contributed by atoms with Crippen LogP contribution < -0.4 is 9.47 Å². The molecule has 1 aromatic carbocycles. The van der Waals surface area contributed by atoms with Crippen LogP contribution in [0.1, 0.15) is 31.7 Å². The number of ether oxygens (including phenoxy) is 3. The Balaban J connectivity index is 1.36. The SMILES string of the molecule is C[C@]1(O)CC2(CCN(Cc3ccc4c(c3)OCO4)CC2)OC[C@@H]1O. The Bertz CT molecular complexity index is 609. The standard InChI is InChI=1S/C18H25NO5/c1-17(21)11-18(24-10-16(17)20)4-6-19(7-5-18)9-13-2-3-14-15(8-13)23-12-22-14/h2-3,8,16,20-21H,4-7,9-12H2,1H3/t16-,17-/m0/s1. The van der Waals surface area contributed by atoms with E-state index in [9.17, 15) is 10.2 Å². The quantitative estimate of drug-likeness (QED) is 0.848. The van der Waals surface area contributed by atoms with Gasteiger partial charge in [-0.2, -0.15) is 0 Å². The van der Waals surface area contributed by atoms with Gasteiger partial charge < -0.3 is 24.4 Å². The highest BCUT2D eigenvalue weighted by atomic mass is 16.7. The number of hydrogen-bond acceptors (Lipinski definition) is 6. The van der Waals surface area contributed by atoms with Crippen molar-refractivity contribution in [3.05, 3.63) is 23.8 Å². The molecule has 0 radical (unpaired) electrons. The molecule has 132 valence electrons. The Labute approximate surface area is 141 Å². The van der Waals surface area contributed by atoms with Crippen LogP contribution in [-0.2, 0) is 11.3 Å². The lowest BCUT2D eigenvalue weighted by atomic mass is 9.76. The summed E-state index contributed by atoms with van der Waals surface area (Å²) in [7, 11) is 0. The molecule has 6 nitrogen and oxygen atoms in total. The van der Waals surface area contributed by atoms with Crippen molar-refractivity contribution in [2.24, 2.45) is 0 Å². The molecule has 2 atom stereocenters. The van der Waals surface area contributed by atoms with Gasteiger partial charge in [0.15, 0.2) is 11.5 Å². The number of piperidine rings is 1. The Kier molecular flexibility index (Phi) is 3.95. The van der Waals surface area contributed by atoms with Gasteiger partial charge in [0.1, 0.15) is 6.10 Å². The normalized spacial score (nSPS) is 32.2. The van der Waals surface area contributed by atoms with E-state index in [0.717, 1.165) is 44.0 Å². The molecular weight excluding hydrogens is 310 g/mol. The third kappa shape index (κ3) is 2.99. The first-order valence-corrected chi connectivity index (χ1v) is 8.61. The molecule has 0 aromatic heterocycles. The summed E-state index contributed by atoms with van der Waals surface area (Å²) in [6, 6.07) is 6.09. The van der Waals surface area contributed by atoms with E-state index >= 15 is 0 Å². The van der Waals surface area contributed by atoms with Crippen molar-refractivity contribution in [3.63, 3.8) is 0 Å². The highest BCUT2D eigenvalue weighted by molar-refractivity contribution is 5.44. The van der Waals surface area contributed by atoms with E-state index < -0.39 is 11.7 Å². The molecule has 3 aliphatic heterocycles. The van der Waals surface area contributed by atoms with E-state index in [0.29, 0.717) is 13.2 Å². The van der Waals surface area contributed by atoms with Crippen LogP contribution in [0.3, 0.4) is 0 Å². The van der Waals surface area contributed by atoms with Crippen molar-refractivity contribution in [1.29, 1.82) is 0 Å². The van der Waals surface area contributed by atoms with Gasteiger partial charge in [-0.05, 0) is 37.5 Å². The van der Waals surface area contributed by atoms with Gasteiger partial charge in [0.05, 0.1) is 17.8 Å². The second-order valence-electron chi connectivity index (χ2n) is 7.51. The lowest BCUT2D eigenvalue weighted by molar-refractivity contribution is -0.223. The minimum absolute atomic E-state index is 0.217. The van der Waals surface area contributed by atoms with Gasteiger partial charge in [0.2, 0.25) is 6.79 Å². The average Bonchev–Trinajstić information content (AvgIpc) is 3.01. The number of rotatable bonds is 2. The smallest absolute Gasteiger partial charge is 0.231 e. The van der Waals surface area contributed by atoms with Crippen LogP contribution in [-0.4, -0.2) is 58.9 Å². The zero-order valence-electron chi connectivity index (χ0n) is 14.0. The lowest BCUT2D eigenvalue weighted by Crippen LogP contribution is -2.59. The van der Waals surface area contributed by atoms with Crippen LogP contribution in [0.5, 0.6) is 11.5 Å². The van der Waals surface area contributed by atoms with Gasteiger partial charge in [-0.3, -0.25) is 4.90 Å². The van der Waals surface area contributed by atoms with Crippen molar-refractivity contribution in [2.45, 2.75) is 50.0 Å². The average molecular weight is 335 g/mol. The van der Waals surface area contributed by atoms with E-state index in [-0.39, 0.29) is 12.2 Å². The van der Waals surface area contributed by atoms with Crippen LogP contribution in [0.2, 0.25) is 0 Å². The summed E-state index contributed by atoms with van der Waals surface area (Å²) >= 11 is 0. The van der Waals surface area contributed by atoms with E-state index in [4.69, 9.17) is 14.2 Å². The summed E-state index contributed by atoms with van der Waals surface area (Å²) in [4.78, 5) is 2.39. The van der Waals surface area contributed by atoms with Crippen molar-refractivity contribution >= 4 is 0 Å². The number of aliphatic hydroxyl groups excluding tert-OH is 1. The first-order chi connectivity index (χ1) is 11.5. The number of aliphatic hydroxyl groups is 2. The largest absolute Gasteiger partial charge is 0.454 e. The maximum atomic E-state index is 10.4. The van der Waals surface area contributed by atoms with E-state index in [1.165, 1.54) is 5.56 Å². The number of hydrogen-bond donors (Lipinski definition) is 2. The van der Waals surface area contributed by atoms with Crippen molar-refractivity contribution in [2.75, 3.05) is 26.5 Å². The van der Waals surface area contributed by atoms with Gasteiger partial charge in [-0.25, -0.2) is 0 Å². The Morgan fingerprint density at radius 2 is 1.96 bits per heavy atom. The molecule has 0 bridgehead atoms. The first kappa shape index (κ1) is 16.1. The molecule has 24 heavy (non-hydrogen) atoms. The Hall–Kier alpha value is -1.34. The van der Waals surface area contributed by atoms with Gasteiger partial charge in [-0.15, -0.1) is 0 Å². The van der Waals surface area contributed by atoms with Crippen molar-refractivity contribution in [1.82, 2.24) is 4.90 Å².